The maximum atomic E-state index is 5.89. The minimum absolute atomic E-state index is 0.527. The molecule has 2 nitrogen and oxygen atoms in total. The van der Waals surface area contributed by atoms with E-state index in [1.165, 1.54) is 48.8 Å². The molecule has 1 saturated carbocycles. The summed E-state index contributed by atoms with van der Waals surface area (Å²) in [4.78, 5) is 4.73. The molecule has 3 rings (SSSR count). The number of aryl methyl sites for hydroxylation is 2. The lowest BCUT2D eigenvalue weighted by atomic mass is 9.96. The van der Waals surface area contributed by atoms with Crippen LogP contribution in [-0.4, -0.2) is 12.3 Å². The lowest BCUT2D eigenvalue weighted by molar-refractivity contribution is 0.306. The summed E-state index contributed by atoms with van der Waals surface area (Å²) in [5.74, 6) is 0.906. The number of benzene rings is 2. The van der Waals surface area contributed by atoms with E-state index >= 15 is 0 Å². The molecule has 0 spiro atoms. The predicted octanol–water partition coefficient (Wildman–Crippen LogP) is 5.63. The van der Waals surface area contributed by atoms with Gasteiger partial charge in [0.1, 0.15) is 12.4 Å². The number of hydrogen-bond acceptors (Lipinski definition) is 2. The second-order valence-corrected chi connectivity index (χ2v) is 6.85. The van der Waals surface area contributed by atoms with Gasteiger partial charge in [-0.15, -0.1) is 0 Å². The summed E-state index contributed by atoms with van der Waals surface area (Å²) >= 11 is 0. The highest BCUT2D eigenvalue weighted by Crippen LogP contribution is 2.20. The highest BCUT2D eigenvalue weighted by Gasteiger charge is 2.10. The normalized spacial score (nSPS) is 15.8. The third kappa shape index (κ3) is 4.70. The van der Waals surface area contributed by atoms with Crippen molar-refractivity contribution in [1.82, 2.24) is 0 Å². The molecule has 0 N–H and O–H groups in total. The van der Waals surface area contributed by atoms with Gasteiger partial charge in [-0.25, -0.2) is 0 Å². The summed E-state index contributed by atoms with van der Waals surface area (Å²) in [5, 5.41) is 0. The molecule has 0 saturated heterocycles. The van der Waals surface area contributed by atoms with Crippen molar-refractivity contribution in [1.29, 1.82) is 0 Å². The molecule has 0 bridgehead atoms. The summed E-state index contributed by atoms with van der Waals surface area (Å²) in [6.07, 6.45) is 8.53. The maximum absolute atomic E-state index is 5.89. The molecule has 0 aromatic heterocycles. The van der Waals surface area contributed by atoms with Crippen molar-refractivity contribution in [3.63, 3.8) is 0 Å². The molecule has 0 radical (unpaired) electrons. The second kappa shape index (κ2) is 8.14. The Morgan fingerprint density at radius 3 is 2.42 bits per heavy atom. The first-order chi connectivity index (χ1) is 11.7. The Balaban J connectivity index is 1.54. The van der Waals surface area contributed by atoms with E-state index < -0.39 is 0 Å². The Morgan fingerprint density at radius 2 is 1.71 bits per heavy atom. The largest absolute Gasteiger partial charge is 0.489 e. The molecule has 2 aromatic rings. The van der Waals surface area contributed by atoms with E-state index in [2.05, 4.69) is 44.2 Å². The predicted molar refractivity (Wildman–Crippen MR) is 101 cm³/mol. The van der Waals surface area contributed by atoms with Gasteiger partial charge in [0.25, 0.3) is 0 Å². The van der Waals surface area contributed by atoms with Crippen LogP contribution in [0.4, 0.5) is 0 Å². The smallest absolute Gasteiger partial charge is 0.119 e. The topological polar surface area (TPSA) is 21.6 Å². The maximum Gasteiger partial charge on any atom is 0.119 e. The number of rotatable bonds is 5. The van der Waals surface area contributed by atoms with Gasteiger partial charge in [0.2, 0.25) is 0 Å². The van der Waals surface area contributed by atoms with Crippen molar-refractivity contribution >= 4 is 6.21 Å². The van der Waals surface area contributed by atoms with E-state index in [0.717, 1.165) is 11.3 Å². The molecule has 1 fully saturated rings. The standard InChI is InChI=1S/C22H27NO/c1-17-8-9-20(14-18(17)2)16-24-22-12-10-19(11-13-22)15-23-21-6-4-3-5-7-21/h8-15,21H,3-7,16H2,1-2H3/b23-15+. The van der Waals surface area contributed by atoms with Crippen molar-refractivity contribution in [2.45, 2.75) is 58.6 Å². The first kappa shape index (κ1) is 16.8. The highest BCUT2D eigenvalue weighted by atomic mass is 16.5. The van der Waals surface area contributed by atoms with Crippen LogP contribution in [0.15, 0.2) is 47.5 Å². The summed E-state index contributed by atoms with van der Waals surface area (Å²) in [5.41, 5.74) is 4.99. The van der Waals surface area contributed by atoms with Crippen LogP contribution in [0, 0.1) is 13.8 Å². The van der Waals surface area contributed by atoms with Gasteiger partial charge in [0.15, 0.2) is 0 Å². The van der Waals surface area contributed by atoms with E-state index in [0.29, 0.717) is 12.6 Å². The molecule has 1 aliphatic carbocycles. The van der Waals surface area contributed by atoms with Gasteiger partial charge in [-0.1, -0.05) is 37.5 Å². The lowest BCUT2D eigenvalue weighted by Gasteiger charge is -2.17. The second-order valence-electron chi connectivity index (χ2n) is 6.85. The Hall–Kier alpha value is -2.09. The molecule has 24 heavy (non-hydrogen) atoms. The third-order valence-electron chi connectivity index (χ3n) is 4.87. The van der Waals surface area contributed by atoms with Crippen LogP contribution in [0.3, 0.4) is 0 Å². The van der Waals surface area contributed by atoms with Crippen molar-refractivity contribution in [2.24, 2.45) is 4.99 Å². The Morgan fingerprint density at radius 1 is 0.958 bits per heavy atom. The fourth-order valence-corrected chi connectivity index (χ4v) is 3.13. The highest BCUT2D eigenvalue weighted by molar-refractivity contribution is 5.79. The SMILES string of the molecule is Cc1ccc(COc2ccc(/C=N/C3CCCCC3)cc2)cc1C. The van der Waals surface area contributed by atoms with Crippen LogP contribution in [0.25, 0.3) is 0 Å². The minimum atomic E-state index is 0.527. The fraction of sp³-hybridized carbons (Fsp3) is 0.409. The first-order valence-corrected chi connectivity index (χ1v) is 9.03. The molecule has 0 aliphatic heterocycles. The summed E-state index contributed by atoms with van der Waals surface area (Å²) in [7, 11) is 0. The zero-order valence-electron chi connectivity index (χ0n) is 14.8. The van der Waals surface area contributed by atoms with Crippen LogP contribution in [0.1, 0.15) is 54.4 Å². The molecule has 0 unspecified atom stereocenters. The zero-order chi connectivity index (χ0) is 16.8. The van der Waals surface area contributed by atoms with Gasteiger partial charge in [-0.3, -0.25) is 4.99 Å². The van der Waals surface area contributed by atoms with Gasteiger partial charge in [-0.2, -0.15) is 0 Å². The molecule has 1 aliphatic rings. The van der Waals surface area contributed by atoms with Gasteiger partial charge < -0.3 is 4.74 Å². The van der Waals surface area contributed by atoms with Crippen LogP contribution >= 0.6 is 0 Å². The molecular formula is C22H27NO. The molecular weight excluding hydrogens is 294 g/mol. The summed E-state index contributed by atoms with van der Waals surface area (Å²) < 4.78 is 5.89. The molecule has 0 atom stereocenters. The fourth-order valence-electron chi connectivity index (χ4n) is 3.13. The van der Waals surface area contributed by atoms with Crippen LogP contribution < -0.4 is 4.74 Å². The molecule has 0 heterocycles. The monoisotopic (exact) mass is 321 g/mol. The number of nitrogens with zero attached hydrogens (tertiary/aromatic N) is 1. The van der Waals surface area contributed by atoms with E-state index in [9.17, 15) is 0 Å². The van der Waals surface area contributed by atoms with Gasteiger partial charge in [0.05, 0.1) is 0 Å². The molecule has 2 heteroatoms. The van der Waals surface area contributed by atoms with Crippen molar-refractivity contribution < 1.29 is 4.74 Å². The van der Waals surface area contributed by atoms with Crippen LogP contribution in [0.5, 0.6) is 5.75 Å². The summed E-state index contributed by atoms with van der Waals surface area (Å²) in [6.45, 7) is 4.88. The van der Waals surface area contributed by atoms with E-state index in [-0.39, 0.29) is 0 Å². The quantitative estimate of drug-likeness (QED) is 0.654. The van der Waals surface area contributed by atoms with Crippen molar-refractivity contribution in [3.05, 3.63) is 64.7 Å². The first-order valence-electron chi connectivity index (χ1n) is 9.03. The Labute approximate surface area is 145 Å². The van der Waals surface area contributed by atoms with E-state index in [4.69, 9.17) is 9.73 Å². The Bertz CT molecular complexity index is 682. The van der Waals surface area contributed by atoms with E-state index in [1.807, 2.05) is 18.3 Å². The molecule has 0 amide bonds. The van der Waals surface area contributed by atoms with Gasteiger partial charge in [-0.05, 0) is 73.2 Å². The number of hydrogen-bond donors (Lipinski definition) is 0. The number of aliphatic imine (C=N–C) groups is 1. The third-order valence-corrected chi connectivity index (χ3v) is 4.87. The average molecular weight is 321 g/mol. The van der Waals surface area contributed by atoms with Gasteiger partial charge >= 0.3 is 0 Å². The van der Waals surface area contributed by atoms with E-state index in [1.54, 1.807) is 0 Å². The average Bonchev–Trinajstić information content (AvgIpc) is 2.63. The zero-order valence-corrected chi connectivity index (χ0v) is 14.8. The Kier molecular flexibility index (Phi) is 5.68. The van der Waals surface area contributed by atoms with Crippen LogP contribution in [0.2, 0.25) is 0 Å². The molecule has 2 aromatic carbocycles. The van der Waals surface area contributed by atoms with Crippen molar-refractivity contribution in [3.8, 4) is 5.75 Å². The molecule has 126 valence electrons. The van der Waals surface area contributed by atoms with Crippen LogP contribution in [-0.2, 0) is 6.61 Å². The summed E-state index contributed by atoms with van der Waals surface area (Å²) in [6, 6.07) is 15.2. The van der Waals surface area contributed by atoms with Gasteiger partial charge in [0, 0.05) is 12.3 Å². The van der Waals surface area contributed by atoms with Crippen molar-refractivity contribution in [2.75, 3.05) is 0 Å². The lowest BCUT2D eigenvalue weighted by Crippen LogP contribution is -2.09. The number of ether oxygens (including phenoxy) is 1. The minimum Gasteiger partial charge on any atom is -0.489 e.